The second kappa shape index (κ2) is 4.19. The van der Waals surface area contributed by atoms with Crippen LogP contribution < -0.4 is 5.73 Å². The van der Waals surface area contributed by atoms with Gasteiger partial charge in [0, 0.05) is 6.54 Å². The predicted molar refractivity (Wildman–Crippen MR) is 38.6 cm³/mol. The summed E-state index contributed by atoms with van der Waals surface area (Å²) in [5.41, 5.74) is 5.31. The summed E-state index contributed by atoms with van der Waals surface area (Å²) in [5, 5.41) is 10.8. The molecule has 10 heavy (non-hydrogen) atoms. The summed E-state index contributed by atoms with van der Waals surface area (Å²) in [6.07, 6.45) is 0. The number of hydrogen-bond donors (Lipinski definition) is 1. The minimum absolute atomic E-state index is 0. The molecule has 58 valence electrons. The Kier molecular flexibility index (Phi) is 3.90. The van der Waals surface area contributed by atoms with Gasteiger partial charge in [-0.3, -0.25) is 0 Å². The first-order valence-electron chi connectivity index (χ1n) is 2.83. The number of tetrazole rings is 1. The number of nitrogens with two attached hydrogens (primary N) is 1. The van der Waals surface area contributed by atoms with Gasteiger partial charge in [-0.05, 0) is 17.4 Å². The SMILES string of the molecule is CCn1nnnc1CN.Cl. The Bertz CT molecular complexity index is 167. The number of aromatic nitrogens is 4. The van der Waals surface area contributed by atoms with Gasteiger partial charge in [-0.2, -0.15) is 0 Å². The van der Waals surface area contributed by atoms with E-state index in [1.165, 1.54) is 0 Å². The van der Waals surface area contributed by atoms with E-state index in [4.69, 9.17) is 5.73 Å². The molecule has 1 aromatic rings. The molecule has 0 spiro atoms. The standard InChI is InChI=1S/C4H9N5.ClH/c1-2-9-4(3-5)6-7-8-9;/h2-3,5H2,1H3;1H. The van der Waals surface area contributed by atoms with Gasteiger partial charge in [-0.25, -0.2) is 4.68 Å². The second-order valence-corrected chi connectivity index (χ2v) is 1.62. The van der Waals surface area contributed by atoms with Crippen LogP contribution in [0.3, 0.4) is 0 Å². The molecular formula is C4H10ClN5. The van der Waals surface area contributed by atoms with Crippen molar-refractivity contribution in [2.45, 2.75) is 20.0 Å². The highest BCUT2D eigenvalue weighted by Gasteiger charge is 1.98. The van der Waals surface area contributed by atoms with Gasteiger partial charge in [0.2, 0.25) is 0 Å². The number of rotatable bonds is 2. The fourth-order valence-corrected chi connectivity index (χ4v) is 0.615. The molecule has 1 heterocycles. The molecule has 1 aromatic heterocycles. The van der Waals surface area contributed by atoms with Crippen molar-refractivity contribution < 1.29 is 0 Å². The van der Waals surface area contributed by atoms with Crippen molar-refractivity contribution in [2.75, 3.05) is 0 Å². The molecule has 0 amide bonds. The van der Waals surface area contributed by atoms with Crippen molar-refractivity contribution in [1.29, 1.82) is 0 Å². The Hall–Kier alpha value is -0.680. The maximum atomic E-state index is 5.31. The number of halogens is 1. The van der Waals surface area contributed by atoms with E-state index in [1.54, 1.807) is 4.68 Å². The lowest BCUT2D eigenvalue weighted by molar-refractivity contribution is 0.598. The first-order valence-corrected chi connectivity index (χ1v) is 2.83. The molecule has 0 atom stereocenters. The van der Waals surface area contributed by atoms with Crippen LogP contribution in [-0.4, -0.2) is 20.2 Å². The highest BCUT2D eigenvalue weighted by Crippen LogP contribution is 1.86. The maximum Gasteiger partial charge on any atom is 0.164 e. The van der Waals surface area contributed by atoms with Crippen LogP contribution in [0.1, 0.15) is 12.7 Å². The summed E-state index contributed by atoms with van der Waals surface area (Å²) in [6.45, 7) is 3.15. The van der Waals surface area contributed by atoms with Crippen molar-refractivity contribution in [3.63, 3.8) is 0 Å². The topological polar surface area (TPSA) is 69.6 Å². The van der Waals surface area contributed by atoms with Gasteiger partial charge < -0.3 is 5.73 Å². The molecule has 0 unspecified atom stereocenters. The minimum Gasteiger partial charge on any atom is -0.324 e. The molecule has 0 aliphatic heterocycles. The van der Waals surface area contributed by atoms with E-state index in [0.29, 0.717) is 6.54 Å². The fourth-order valence-electron chi connectivity index (χ4n) is 0.615. The van der Waals surface area contributed by atoms with Crippen LogP contribution in [0.25, 0.3) is 0 Å². The summed E-state index contributed by atoms with van der Waals surface area (Å²) in [4.78, 5) is 0. The van der Waals surface area contributed by atoms with Crippen LogP contribution in [0, 0.1) is 0 Å². The van der Waals surface area contributed by atoms with Crippen molar-refractivity contribution in [3.8, 4) is 0 Å². The first-order chi connectivity index (χ1) is 4.38. The Morgan fingerprint density at radius 3 is 2.70 bits per heavy atom. The lowest BCUT2D eigenvalue weighted by Gasteiger charge is -1.94. The Balaban J connectivity index is 0.000000810. The van der Waals surface area contributed by atoms with Gasteiger partial charge in [0.15, 0.2) is 5.82 Å². The summed E-state index contributed by atoms with van der Waals surface area (Å²) < 4.78 is 1.67. The molecule has 5 nitrogen and oxygen atoms in total. The van der Waals surface area contributed by atoms with Crippen molar-refractivity contribution in [1.82, 2.24) is 20.2 Å². The summed E-state index contributed by atoms with van der Waals surface area (Å²) in [7, 11) is 0. The number of aryl methyl sites for hydroxylation is 1. The normalized spacial score (nSPS) is 9.00. The first kappa shape index (κ1) is 9.32. The van der Waals surface area contributed by atoms with E-state index in [0.717, 1.165) is 12.4 Å². The van der Waals surface area contributed by atoms with Crippen molar-refractivity contribution in [2.24, 2.45) is 5.73 Å². The quantitative estimate of drug-likeness (QED) is 0.643. The van der Waals surface area contributed by atoms with Gasteiger partial charge in [-0.1, -0.05) is 0 Å². The van der Waals surface area contributed by atoms with E-state index in [-0.39, 0.29) is 12.4 Å². The molecule has 1 rings (SSSR count). The molecule has 6 heteroatoms. The van der Waals surface area contributed by atoms with Gasteiger partial charge >= 0.3 is 0 Å². The van der Waals surface area contributed by atoms with Gasteiger partial charge in [0.1, 0.15) is 0 Å². The third kappa shape index (κ3) is 1.65. The van der Waals surface area contributed by atoms with E-state index < -0.39 is 0 Å². The van der Waals surface area contributed by atoms with Crippen molar-refractivity contribution >= 4 is 12.4 Å². The lowest BCUT2D eigenvalue weighted by atomic mass is 10.6. The zero-order valence-corrected chi connectivity index (χ0v) is 6.51. The lowest BCUT2D eigenvalue weighted by Crippen LogP contribution is -2.08. The van der Waals surface area contributed by atoms with E-state index in [1.807, 2.05) is 6.92 Å². The third-order valence-corrected chi connectivity index (χ3v) is 1.09. The van der Waals surface area contributed by atoms with Crippen LogP contribution >= 0.6 is 12.4 Å². The van der Waals surface area contributed by atoms with E-state index in [2.05, 4.69) is 15.5 Å². The molecule has 2 N–H and O–H groups in total. The Labute approximate surface area is 65.0 Å². The smallest absolute Gasteiger partial charge is 0.164 e. The molecule has 0 saturated heterocycles. The fraction of sp³-hybridized carbons (Fsp3) is 0.750. The van der Waals surface area contributed by atoms with Gasteiger partial charge in [-0.15, -0.1) is 17.5 Å². The Morgan fingerprint density at radius 1 is 1.60 bits per heavy atom. The summed E-state index contributed by atoms with van der Waals surface area (Å²) >= 11 is 0. The average Bonchev–Trinajstić information content (AvgIpc) is 2.33. The summed E-state index contributed by atoms with van der Waals surface area (Å²) in [5.74, 6) is 0.734. The van der Waals surface area contributed by atoms with Crippen LogP contribution in [-0.2, 0) is 13.1 Å². The molecule has 0 saturated carbocycles. The zero-order valence-electron chi connectivity index (χ0n) is 5.69. The van der Waals surface area contributed by atoms with Crippen LogP contribution in [0.5, 0.6) is 0 Å². The molecule has 0 aliphatic rings. The van der Waals surface area contributed by atoms with Crippen molar-refractivity contribution in [3.05, 3.63) is 5.82 Å². The van der Waals surface area contributed by atoms with Crippen LogP contribution in [0.15, 0.2) is 0 Å². The minimum atomic E-state index is 0. The zero-order chi connectivity index (χ0) is 6.69. The van der Waals surface area contributed by atoms with Gasteiger partial charge in [0.25, 0.3) is 0 Å². The molecule has 0 bridgehead atoms. The summed E-state index contributed by atoms with van der Waals surface area (Å²) in [6, 6.07) is 0. The average molecular weight is 164 g/mol. The highest BCUT2D eigenvalue weighted by molar-refractivity contribution is 5.85. The predicted octanol–water partition coefficient (Wildman–Crippen LogP) is -0.426. The van der Waals surface area contributed by atoms with E-state index in [9.17, 15) is 0 Å². The molecule has 0 fully saturated rings. The van der Waals surface area contributed by atoms with Gasteiger partial charge in [0.05, 0.1) is 6.54 Å². The highest BCUT2D eigenvalue weighted by atomic mass is 35.5. The molecular weight excluding hydrogens is 154 g/mol. The number of nitrogens with zero attached hydrogens (tertiary/aromatic N) is 4. The van der Waals surface area contributed by atoms with E-state index >= 15 is 0 Å². The van der Waals surface area contributed by atoms with Crippen LogP contribution in [0.2, 0.25) is 0 Å². The number of hydrogen-bond acceptors (Lipinski definition) is 4. The largest absolute Gasteiger partial charge is 0.324 e. The third-order valence-electron chi connectivity index (χ3n) is 1.09. The molecule has 0 aliphatic carbocycles. The molecule has 0 aromatic carbocycles. The molecule has 0 radical (unpaired) electrons. The second-order valence-electron chi connectivity index (χ2n) is 1.62. The Morgan fingerprint density at radius 2 is 2.30 bits per heavy atom. The maximum absolute atomic E-state index is 5.31. The van der Waals surface area contributed by atoms with Crippen LogP contribution in [0.4, 0.5) is 0 Å². The monoisotopic (exact) mass is 163 g/mol.